The van der Waals surface area contributed by atoms with Crippen LogP contribution in [-0.4, -0.2) is 59.7 Å². The first-order valence-electron chi connectivity index (χ1n) is 10.5. The lowest BCUT2D eigenvalue weighted by molar-refractivity contribution is -0.115. The number of carbonyl (C=O) groups is 1. The molecule has 3 aromatic rings. The monoisotopic (exact) mass is 474 g/mol. The van der Waals surface area contributed by atoms with E-state index in [1.54, 1.807) is 18.2 Å². The van der Waals surface area contributed by atoms with E-state index >= 15 is 0 Å². The van der Waals surface area contributed by atoms with Crippen LogP contribution in [0.25, 0.3) is 11.0 Å². The number of aryl methyl sites for hydroxylation is 1. The standard InChI is InChI=1S/C22H26N4O4S2/c1-3-26-20-10-9-18(32(28,29)25-11-13-30-14-12-25)15-19(20)24-22(26)31-16(2)21(27)23-17-7-5-4-6-8-17/h4-10,15-16H,3,11-14H2,1-2H3,(H,23,27). The van der Waals surface area contributed by atoms with Crippen LogP contribution in [0.2, 0.25) is 0 Å². The highest BCUT2D eigenvalue weighted by Gasteiger charge is 2.27. The van der Waals surface area contributed by atoms with E-state index in [0.717, 1.165) is 11.2 Å². The number of hydrogen-bond donors (Lipinski definition) is 1. The number of para-hydroxylation sites is 1. The summed E-state index contributed by atoms with van der Waals surface area (Å²) in [6.45, 7) is 5.97. The lowest BCUT2D eigenvalue weighted by Crippen LogP contribution is -2.40. The number of amides is 1. The highest BCUT2D eigenvalue weighted by atomic mass is 32.2. The number of aromatic nitrogens is 2. The molecule has 0 bridgehead atoms. The molecule has 1 fully saturated rings. The Hall–Kier alpha value is -2.40. The van der Waals surface area contributed by atoms with Gasteiger partial charge in [0.05, 0.1) is 34.4 Å². The molecular formula is C22H26N4O4S2. The van der Waals surface area contributed by atoms with Crippen molar-refractivity contribution in [2.45, 2.75) is 35.7 Å². The van der Waals surface area contributed by atoms with Gasteiger partial charge in [-0.1, -0.05) is 30.0 Å². The van der Waals surface area contributed by atoms with Crippen LogP contribution in [0.15, 0.2) is 58.6 Å². The number of imidazole rings is 1. The molecule has 1 unspecified atom stereocenters. The summed E-state index contributed by atoms with van der Waals surface area (Å²) < 4.78 is 34.7. The number of ether oxygens (including phenoxy) is 1. The van der Waals surface area contributed by atoms with E-state index in [1.165, 1.54) is 16.1 Å². The van der Waals surface area contributed by atoms with Gasteiger partial charge in [-0.25, -0.2) is 13.4 Å². The van der Waals surface area contributed by atoms with Crippen molar-refractivity contribution in [3.8, 4) is 0 Å². The zero-order valence-corrected chi connectivity index (χ0v) is 19.7. The molecule has 4 rings (SSSR count). The molecule has 10 heteroatoms. The van der Waals surface area contributed by atoms with Crippen LogP contribution in [0.5, 0.6) is 0 Å². The Morgan fingerprint density at radius 3 is 2.59 bits per heavy atom. The topological polar surface area (TPSA) is 93.5 Å². The van der Waals surface area contributed by atoms with Crippen LogP contribution in [0.3, 0.4) is 0 Å². The van der Waals surface area contributed by atoms with E-state index < -0.39 is 10.0 Å². The van der Waals surface area contributed by atoms with Gasteiger partial charge in [0.15, 0.2) is 5.16 Å². The minimum atomic E-state index is -3.60. The van der Waals surface area contributed by atoms with Crippen LogP contribution < -0.4 is 5.32 Å². The van der Waals surface area contributed by atoms with E-state index in [9.17, 15) is 13.2 Å². The van der Waals surface area contributed by atoms with Gasteiger partial charge in [-0.05, 0) is 44.2 Å². The number of sulfonamides is 1. The SMILES string of the molecule is CCn1c(SC(C)C(=O)Nc2ccccc2)nc2cc(S(=O)(=O)N3CCOCC3)ccc21. The summed E-state index contributed by atoms with van der Waals surface area (Å²) in [6, 6.07) is 14.3. The highest BCUT2D eigenvalue weighted by Crippen LogP contribution is 2.30. The Bertz CT molecular complexity index is 1210. The zero-order chi connectivity index (χ0) is 22.7. The Labute approximate surface area is 192 Å². The summed E-state index contributed by atoms with van der Waals surface area (Å²) in [7, 11) is -3.60. The van der Waals surface area contributed by atoms with Crippen molar-refractivity contribution < 1.29 is 17.9 Å². The van der Waals surface area contributed by atoms with Gasteiger partial charge in [0.25, 0.3) is 0 Å². The van der Waals surface area contributed by atoms with E-state index in [2.05, 4.69) is 10.3 Å². The maximum absolute atomic E-state index is 13.0. The normalized spacial score (nSPS) is 16.2. The third-order valence-corrected chi connectivity index (χ3v) is 8.29. The van der Waals surface area contributed by atoms with Crippen molar-refractivity contribution in [3.63, 3.8) is 0 Å². The first-order valence-corrected chi connectivity index (χ1v) is 12.8. The zero-order valence-electron chi connectivity index (χ0n) is 18.0. The fourth-order valence-electron chi connectivity index (χ4n) is 3.56. The average molecular weight is 475 g/mol. The lowest BCUT2D eigenvalue weighted by Gasteiger charge is -2.26. The van der Waals surface area contributed by atoms with Crippen molar-refractivity contribution in [2.24, 2.45) is 0 Å². The molecule has 0 radical (unpaired) electrons. The van der Waals surface area contributed by atoms with Crippen molar-refractivity contribution in [2.75, 3.05) is 31.6 Å². The molecule has 32 heavy (non-hydrogen) atoms. The number of nitrogens with one attached hydrogen (secondary N) is 1. The minimum Gasteiger partial charge on any atom is -0.379 e. The first kappa shape index (κ1) is 22.8. The van der Waals surface area contributed by atoms with Gasteiger partial charge in [-0.15, -0.1) is 0 Å². The van der Waals surface area contributed by atoms with Crippen molar-refractivity contribution in [3.05, 3.63) is 48.5 Å². The summed E-state index contributed by atoms with van der Waals surface area (Å²) in [5.41, 5.74) is 2.18. The fraction of sp³-hybridized carbons (Fsp3) is 0.364. The van der Waals surface area contributed by atoms with E-state index in [1.807, 2.05) is 48.7 Å². The van der Waals surface area contributed by atoms with E-state index in [-0.39, 0.29) is 16.1 Å². The average Bonchev–Trinajstić information content (AvgIpc) is 3.16. The second-order valence-corrected chi connectivity index (χ2v) is 10.7. The predicted octanol–water partition coefficient (Wildman–Crippen LogP) is 3.20. The van der Waals surface area contributed by atoms with Crippen LogP contribution in [-0.2, 0) is 26.1 Å². The molecule has 1 aromatic heterocycles. The Balaban J connectivity index is 1.57. The quantitative estimate of drug-likeness (QED) is 0.529. The molecule has 0 aliphatic carbocycles. The van der Waals surface area contributed by atoms with Gasteiger partial charge in [0, 0.05) is 25.3 Å². The number of thioether (sulfide) groups is 1. The molecule has 1 saturated heterocycles. The maximum Gasteiger partial charge on any atom is 0.243 e. The molecule has 1 aliphatic rings. The van der Waals surface area contributed by atoms with Gasteiger partial charge in [-0.2, -0.15) is 4.31 Å². The second-order valence-electron chi connectivity index (χ2n) is 7.42. The molecule has 170 valence electrons. The molecule has 1 atom stereocenters. The van der Waals surface area contributed by atoms with Crippen LogP contribution in [0.4, 0.5) is 5.69 Å². The number of hydrogen-bond acceptors (Lipinski definition) is 6. The van der Waals surface area contributed by atoms with E-state index in [4.69, 9.17) is 4.74 Å². The number of nitrogens with zero attached hydrogens (tertiary/aromatic N) is 3. The molecule has 1 aliphatic heterocycles. The van der Waals surface area contributed by atoms with Crippen molar-refractivity contribution in [1.82, 2.24) is 13.9 Å². The Kier molecular flexibility index (Phi) is 6.85. The molecule has 1 N–H and O–H groups in total. The van der Waals surface area contributed by atoms with Gasteiger partial charge >= 0.3 is 0 Å². The molecule has 8 nitrogen and oxygen atoms in total. The fourth-order valence-corrected chi connectivity index (χ4v) is 5.97. The molecule has 1 amide bonds. The summed E-state index contributed by atoms with van der Waals surface area (Å²) in [5.74, 6) is -0.119. The third kappa shape index (κ3) is 4.68. The van der Waals surface area contributed by atoms with Gasteiger partial charge in [-0.3, -0.25) is 4.79 Å². The summed E-state index contributed by atoms with van der Waals surface area (Å²) in [5, 5.41) is 3.21. The Morgan fingerprint density at radius 1 is 1.19 bits per heavy atom. The Morgan fingerprint density at radius 2 is 1.91 bits per heavy atom. The number of morpholine rings is 1. The van der Waals surface area contributed by atoms with Gasteiger partial charge in [0.1, 0.15) is 0 Å². The highest BCUT2D eigenvalue weighted by molar-refractivity contribution is 8.00. The smallest absolute Gasteiger partial charge is 0.243 e. The second kappa shape index (κ2) is 9.62. The number of benzene rings is 2. The molecule has 2 heterocycles. The number of fused-ring (bicyclic) bond motifs is 1. The van der Waals surface area contributed by atoms with Crippen molar-refractivity contribution in [1.29, 1.82) is 0 Å². The molecular weight excluding hydrogens is 448 g/mol. The van der Waals surface area contributed by atoms with Crippen LogP contribution in [0, 0.1) is 0 Å². The first-order chi connectivity index (χ1) is 15.4. The largest absolute Gasteiger partial charge is 0.379 e. The third-order valence-electron chi connectivity index (χ3n) is 5.30. The van der Waals surface area contributed by atoms with Crippen LogP contribution in [0.1, 0.15) is 13.8 Å². The predicted molar refractivity (Wildman–Crippen MR) is 125 cm³/mol. The molecule has 0 saturated carbocycles. The lowest BCUT2D eigenvalue weighted by atomic mass is 10.3. The maximum atomic E-state index is 13.0. The summed E-state index contributed by atoms with van der Waals surface area (Å²) >= 11 is 1.35. The molecule has 2 aromatic carbocycles. The van der Waals surface area contributed by atoms with Gasteiger partial charge in [0.2, 0.25) is 15.9 Å². The van der Waals surface area contributed by atoms with Crippen molar-refractivity contribution >= 4 is 44.4 Å². The van der Waals surface area contributed by atoms with E-state index in [0.29, 0.717) is 43.5 Å². The number of carbonyl (C=O) groups excluding carboxylic acids is 1. The molecule has 0 spiro atoms. The van der Waals surface area contributed by atoms with Crippen LogP contribution >= 0.6 is 11.8 Å². The number of anilines is 1. The minimum absolute atomic E-state index is 0.119. The number of rotatable bonds is 7. The summed E-state index contributed by atoms with van der Waals surface area (Å²) in [4.78, 5) is 17.5. The summed E-state index contributed by atoms with van der Waals surface area (Å²) in [6.07, 6.45) is 0. The van der Waals surface area contributed by atoms with Gasteiger partial charge < -0.3 is 14.6 Å².